The van der Waals surface area contributed by atoms with Crippen molar-refractivity contribution in [1.82, 2.24) is 0 Å². The number of anilines is 1. The summed E-state index contributed by atoms with van der Waals surface area (Å²) in [5, 5.41) is 11.7. The zero-order valence-corrected chi connectivity index (χ0v) is 12.0. The molecular weight excluding hydrogens is 294 g/mol. The van der Waals surface area contributed by atoms with Gasteiger partial charge in [-0.3, -0.25) is 0 Å². The summed E-state index contributed by atoms with van der Waals surface area (Å²) in [6, 6.07) is 5.94. The van der Waals surface area contributed by atoms with Gasteiger partial charge in [0.1, 0.15) is 0 Å². The van der Waals surface area contributed by atoms with Gasteiger partial charge in [-0.15, -0.1) is 0 Å². The van der Waals surface area contributed by atoms with E-state index in [4.69, 9.17) is 10.9 Å². The van der Waals surface area contributed by atoms with E-state index in [-0.39, 0.29) is 5.84 Å². The summed E-state index contributed by atoms with van der Waals surface area (Å²) in [6.45, 7) is 4.46. The summed E-state index contributed by atoms with van der Waals surface area (Å²) in [4.78, 5) is 2.38. The number of nitrogens with two attached hydrogens (primary N) is 1. The highest BCUT2D eigenvalue weighted by Gasteiger charge is 2.21. The van der Waals surface area contributed by atoms with Crippen molar-refractivity contribution >= 4 is 27.5 Å². The Morgan fingerprint density at radius 2 is 2.39 bits per heavy atom. The fourth-order valence-corrected chi connectivity index (χ4v) is 2.93. The lowest BCUT2D eigenvalue weighted by Crippen LogP contribution is -2.20. The van der Waals surface area contributed by atoms with Gasteiger partial charge in [-0.2, -0.15) is 0 Å². The minimum Gasteiger partial charge on any atom is -0.409 e. The zero-order chi connectivity index (χ0) is 13.1. The summed E-state index contributed by atoms with van der Waals surface area (Å²) in [7, 11) is 0. The second-order valence-corrected chi connectivity index (χ2v) is 5.51. The third kappa shape index (κ3) is 2.61. The number of hydrogen-bond donors (Lipinski definition) is 2. The van der Waals surface area contributed by atoms with Gasteiger partial charge in [0, 0.05) is 28.8 Å². The first kappa shape index (κ1) is 13.2. The number of halogens is 1. The highest BCUT2D eigenvalue weighted by atomic mass is 79.9. The molecule has 0 spiro atoms. The smallest absolute Gasteiger partial charge is 0.171 e. The maximum atomic E-state index is 8.69. The molecule has 98 valence electrons. The molecule has 4 nitrogen and oxygen atoms in total. The topological polar surface area (TPSA) is 61.8 Å². The van der Waals surface area contributed by atoms with Crippen molar-refractivity contribution in [3.05, 3.63) is 28.2 Å². The Morgan fingerprint density at radius 3 is 2.94 bits per heavy atom. The molecule has 1 aromatic rings. The van der Waals surface area contributed by atoms with Gasteiger partial charge in [0.25, 0.3) is 0 Å². The monoisotopic (exact) mass is 311 g/mol. The van der Waals surface area contributed by atoms with Crippen molar-refractivity contribution < 1.29 is 5.21 Å². The second-order valence-electron chi connectivity index (χ2n) is 4.66. The second kappa shape index (κ2) is 5.61. The van der Waals surface area contributed by atoms with Crippen molar-refractivity contribution in [2.24, 2.45) is 16.8 Å². The van der Waals surface area contributed by atoms with E-state index in [1.54, 1.807) is 0 Å². The highest BCUT2D eigenvalue weighted by molar-refractivity contribution is 9.10. The van der Waals surface area contributed by atoms with E-state index >= 15 is 0 Å². The Labute approximate surface area is 116 Å². The molecule has 1 fully saturated rings. The van der Waals surface area contributed by atoms with Crippen molar-refractivity contribution in [3.63, 3.8) is 0 Å². The van der Waals surface area contributed by atoms with Gasteiger partial charge in [-0.1, -0.05) is 18.5 Å². The van der Waals surface area contributed by atoms with E-state index in [9.17, 15) is 0 Å². The standard InChI is InChI=1S/C13H18BrN3O/c1-2-9-5-6-17(8-9)10-3-4-11(12(14)7-10)13(15)16-18/h3-4,7,9,18H,2,5-6,8H2,1H3,(H2,15,16). The largest absolute Gasteiger partial charge is 0.409 e. The van der Waals surface area contributed by atoms with Gasteiger partial charge in [0.05, 0.1) is 0 Å². The predicted octanol–water partition coefficient (Wildman–Crippen LogP) is 2.78. The minimum absolute atomic E-state index is 0.126. The molecule has 0 radical (unpaired) electrons. The van der Waals surface area contributed by atoms with Gasteiger partial charge < -0.3 is 15.8 Å². The lowest BCUT2D eigenvalue weighted by atomic mass is 10.1. The molecule has 0 aliphatic carbocycles. The van der Waals surface area contributed by atoms with Crippen LogP contribution < -0.4 is 10.6 Å². The van der Waals surface area contributed by atoms with Crippen LogP contribution in [0.2, 0.25) is 0 Å². The van der Waals surface area contributed by atoms with E-state index in [1.165, 1.54) is 18.5 Å². The van der Waals surface area contributed by atoms with Crippen LogP contribution >= 0.6 is 15.9 Å². The first-order valence-electron chi connectivity index (χ1n) is 6.18. The van der Waals surface area contributed by atoms with Crippen LogP contribution in [0.5, 0.6) is 0 Å². The highest BCUT2D eigenvalue weighted by Crippen LogP contribution is 2.29. The van der Waals surface area contributed by atoms with E-state index in [2.05, 4.69) is 32.9 Å². The van der Waals surface area contributed by atoms with Crippen LogP contribution in [0.3, 0.4) is 0 Å². The average molecular weight is 312 g/mol. The normalized spacial score (nSPS) is 20.4. The molecule has 1 heterocycles. The van der Waals surface area contributed by atoms with E-state index in [0.29, 0.717) is 5.56 Å². The molecule has 5 heteroatoms. The molecule has 18 heavy (non-hydrogen) atoms. The van der Waals surface area contributed by atoms with Crippen LogP contribution in [0.15, 0.2) is 27.8 Å². The number of hydrogen-bond acceptors (Lipinski definition) is 3. The molecule has 0 bridgehead atoms. The summed E-state index contributed by atoms with van der Waals surface area (Å²) in [5.41, 5.74) is 7.50. The van der Waals surface area contributed by atoms with Crippen molar-refractivity contribution in [3.8, 4) is 0 Å². The molecule has 3 N–H and O–H groups in total. The summed E-state index contributed by atoms with van der Waals surface area (Å²) < 4.78 is 0.857. The Kier molecular flexibility index (Phi) is 4.11. The van der Waals surface area contributed by atoms with Crippen LogP contribution in [0, 0.1) is 5.92 Å². The number of benzene rings is 1. The van der Waals surface area contributed by atoms with Crippen LogP contribution in [0.1, 0.15) is 25.3 Å². The first-order chi connectivity index (χ1) is 8.65. The molecule has 0 aromatic heterocycles. The molecule has 1 saturated heterocycles. The first-order valence-corrected chi connectivity index (χ1v) is 6.97. The predicted molar refractivity (Wildman–Crippen MR) is 77.3 cm³/mol. The molecule has 0 amide bonds. The molecule has 1 aliphatic heterocycles. The summed E-state index contributed by atoms with van der Waals surface area (Å²) in [6.07, 6.45) is 2.50. The lowest BCUT2D eigenvalue weighted by Gasteiger charge is -2.19. The Bertz CT molecular complexity index is 462. The van der Waals surface area contributed by atoms with Crippen LogP contribution in [-0.2, 0) is 0 Å². The SMILES string of the molecule is CCC1CCN(c2ccc(/C(N)=N/O)c(Br)c2)C1. The fraction of sp³-hybridized carbons (Fsp3) is 0.462. The molecule has 1 atom stereocenters. The molecule has 1 aromatic carbocycles. The third-order valence-electron chi connectivity index (χ3n) is 3.56. The lowest BCUT2D eigenvalue weighted by molar-refractivity contribution is 0.318. The molecule has 0 saturated carbocycles. The van der Waals surface area contributed by atoms with Gasteiger partial charge in [-0.05, 0) is 46.5 Å². The van der Waals surface area contributed by atoms with E-state index < -0.39 is 0 Å². The van der Waals surface area contributed by atoms with Gasteiger partial charge in [0.2, 0.25) is 0 Å². The van der Waals surface area contributed by atoms with Crippen LogP contribution in [-0.4, -0.2) is 24.1 Å². The van der Waals surface area contributed by atoms with Crippen molar-refractivity contribution in [2.75, 3.05) is 18.0 Å². The number of oxime groups is 1. The van der Waals surface area contributed by atoms with E-state index in [1.807, 2.05) is 18.2 Å². The van der Waals surface area contributed by atoms with Crippen LogP contribution in [0.25, 0.3) is 0 Å². The van der Waals surface area contributed by atoms with Gasteiger partial charge in [-0.25, -0.2) is 0 Å². The minimum atomic E-state index is 0.126. The number of nitrogens with zero attached hydrogens (tertiary/aromatic N) is 2. The molecular formula is C13H18BrN3O. The fourth-order valence-electron chi connectivity index (χ4n) is 2.36. The Morgan fingerprint density at radius 1 is 1.61 bits per heavy atom. The van der Waals surface area contributed by atoms with E-state index in [0.717, 1.165) is 23.5 Å². The molecule has 1 aliphatic rings. The summed E-state index contributed by atoms with van der Waals surface area (Å²) >= 11 is 3.47. The molecule has 2 rings (SSSR count). The van der Waals surface area contributed by atoms with Gasteiger partial charge in [0.15, 0.2) is 5.84 Å². The number of amidine groups is 1. The van der Waals surface area contributed by atoms with Gasteiger partial charge >= 0.3 is 0 Å². The zero-order valence-electron chi connectivity index (χ0n) is 10.4. The van der Waals surface area contributed by atoms with Crippen LogP contribution in [0.4, 0.5) is 5.69 Å². The summed E-state index contributed by atoms with van der Waals surface area (Å²) in [5.74, 6) is 0.925. The quantitative estimate of drug-likeness (QED) is 0.390. The molecule has 1 unspecified atom stereocenters. The third-order valence-corrected chi connectivity index (χ3v) is 4.22. The maximum Gasteiger partial charge on any atom is 0.171 e. The van der Waals surface area contributed by atoms with Crippen molar-refractivity contribution in [2.45, 2.75) is 19.8 Å². The Balaban J connectivity index is 2.19. The van der Waals surface area contributed by atoms with Crippen molar-refractivity contribution in [1.29, 1.82) is 0 Å². The number of rotatable bonds is 3. The average Bonchev–Trinajstić information content (AvgIpc) is 2.86. The Hall–Kier alpha value is -1.23. The maximum absolute atomic E-state index is 8.69.